The smallest absolute Gasteiger partial charge is 0.0197 e. The summed E-state index contributed by atoms with van der Waals surface area (Å²) in [7, 11) is 0. The zero-order chi connectivity index (χ0) is 5.56. The molecule has 0 radical (unpaired) electrons. The lowest BCUT2D eigenvalue weighted by Crippen LogP contribution is -2.41. The summed E-state index contributed by atoms with van der Waals surface area (Å²) in [4.78, 5) is 0. The molecule has 2 nitrogen and oxygen atoms in total. The molecule has 46 valence electrons. The van der Waals surface area contributed by atoms with Gasteiger partial charge in [0.1, 0.15) is 0 Å². The van der Waals surface area contributed by atoms with Crippen LogP contribution in [0.3, 0.4) is 0 Å². The van der Waals surface area contributed by atoms with E-state index in [1.165, 1.54) is 13.0 Å². The van der Waals surface area contributed by atoms with Crippen molar-refractivity contribution in [2.24, 2.45) is 17.6 Å². The number of rotatable bonds is 0. The number of fused-ring (bicyclic) bond motifs is 1. The summed E-state index contributed by atoms with van der Waals surface area (Å²) in [6.07, 6.45) is 1.38. The molecule has 3 atom stereocenters. The second-order valence-corrected chi connectivity index (χ2v) is 2.98. The van der Waals surface area contributed by atoms with E-state index in [-0.39, 0.29) is 0 Å². The van der Waals surface area contributed by atoms with Gasteiger partial charge in [0, 0.05) is 12.6 Å². The van der Waals surface area contributed by atoms with Crippen molar-refractivity contribution in [3.63, 3.8) is 0 Å². The Morgan fingerprint density at radius 2 is 2.25 bits per heavy atom. The number of piperidine rings is 1. The van der Waals surface area contributed by atoms with Gasteiger partial charge in [0.15, 0.2) is 0 Å². The molecule has 1 aliphatic carbocycles. The zero-order valence-corrected chi connectivity index (χ0v) is 4.93. The summed E-state index contributed by atoms with van der Waals surface area (Å²) >= 11 is 0. The molecular weight excluding hydrogens is 100 g/mol. The second kappa shape index (κ2) is 1.45. The molecule has 0 aromatic rings. The zero-order valence-electron chi connectivity index (χ0n) is 4.93. The van der Waals surface area contributed by atoms with E-state index in [1.54, 1.807) is 0 Å². The van der Waals surface area contributed by atoms with Crippen LogP contribution in [0.1, 0.15) is 6.42 Å². The minimum absolute atomic E-state index is 0.466. The summed E-state index contributed by atoms with van der Waals surface area (Å²) < 4.78 is 0. The van der Waals surface area contributed by atoms with E-state index in [9.17, 15) is 0 Å². The third-order valence-electron chi connectivity index (χ3n) is 2.31. The van der Waals surface area contributed by atoms with Gasteiger partial charge in [0.2, 0.25) is 0 Å². The first-order valence-corrected chi connectivity index (χ1v) is 3.34. The normalized spacial score (nSPS) is 52.9. The van der Waals surface area contributed by atoms with E-state index < -0.39 is 0 Å². The fraction of sp³-hybridized carbons (Fsp3) is 1.00. The van der Waals surface area contributed by atoms with Crippen molar-refractivity contribution in [1.29, 1.82) is 0 Å². The highest BCUT2D eigenvalue weighted by Gasteiger charge is 2.43. The Morgan fingerprint density at radius 3 is 2.88 bits per heavy atom. The minimum Gasteiger partial charge on any atom is -0.326 e. The second-order valence-electron chi connectivity index (χ2n) is 2.98. The number of nitrogens with one attached hydrogen (secondary N) is 1. The number of hydrogen-bond donors (Lipinski definition) is 2. The Hall–Kier alpha value is -0.0800. The topological polar surface area (TPSA) is 38.0 Å². The molecule has 2 fully saturated rings. The predicted octanol–water partition coefficient (Wildman–Crippen LogP) is -0.447. The molecule has 0 aromatic carbocycles. The molecule has 0 amide bonds. The van der Waals surface area contributed by atoms with Crippen LogP contribution in [0.4, 0.5) is 0 Å². The van der Waals surface area contributed by atoms with Gasteiger partial charge in [0.25, 0.3) is 0 Å². The Balaban J connectivity index is 1.99. The molecular formula is C6H12N2. The first-order valence-electron chi connectivity index (χ1n) is 3.34. The summed E-state index contributed by atoms with van der Waals surface area (Å²) in [6.45, 7) is 2.26. The number of nitrogens with two attached hydrogens (primary N) is 1. The fourth-order valence-corrected chi connectivity index (χ4v) is 1.62. The van der Waals surface area contributed by atoms with Gasteiger partial charge < -0.3 is 11.1 Å². The van der Waals surface area contributed by atoms with Crippen LogP contribution in [0.15, 0.2) is 0 Å². The molecule has 2 rings (SSSR count). The average Bonchev–Trinajstić information content (AvgIpc) is 2.45. The highest BCUT2D eigenvalue weighted by molar-refractivity contribution is 4.98. The van der Waals surface area contributed by atoms with E-state index in [0.29, 0.717) is 6.04 Å². The maximum Gasteiger partial charge on any atom is 0.0197 e. The third-order valence-corrected chi connectivity index (χ3v) is 2.31. The first kappa shape index (κ1) is 4.77. The van der Waals surface area contributed by atoms with Crippen molar-refractivity contribution in [1.82, 2.24) is 5.32 Å². The molecule has 1 heterocycles. The monoisotopic (exact) mass is 112 g/mol. The van der Waals surface area contributed by atoms with Crippen LogP contribution >= 0.6 is 0 Å². The van der Waals surface area contributed by atoms with Gasteiger partial charge in [-0.15, -0.1) is 0 Å². The Morgan fingerprint density at radius 1 is 1.38 bits per heavy atom. The van der Waals surface area contributed by atoms with E-state index in [2.05, 4.69) is 5.32 Å². The summed E-state index contributed by atoms with van der Waals surface area (Å²) in [5.41, 5.74) is 5.76. The van der Waals surface area contributed by atoms with E-state index in [1.807, 2.05) is 0 Å². The van der Waals surface area contributed by atoms with Crippen molar-refractivity contribution >= 4 is 0 Å². The molecule has 2 aliphatic rings. The number of hydrogen-bond acceptors (Lipinski definition) is 2. The lowest BCUT2D eigenvalue weighted by Gasteiger charge is -2.17. The minimum atomic E-state index is 0.466. The molecule has 0 unspecified atom stereocenters. The van der Waals surface area contributed by atoms with Gasteiger partial charge in [-0.1, -0.05) is 0 Å². The van der Waals surface area contributed by atoms with Gasteiger partial charge in [-0.25, -0.2) is 0 Å². The van der Waals surface area contributed by atoms with Crippen LogP contribution in [0.5, 0.6) is 0 Å². The lowest BCUT2D eigenvalue weighted by molar-refractivity contribution is 0.437. The van der Waals surface area contributed by atoms with Crippen LogP contribution < -0.4 is 11.1 Å². The molecule has 1 aliphatic heterocycles. The molecule has 3 N–H and O–H groups in total. The fourth-order valence-electron chi connectivity index (χ4n) is 1.62. The van der Waals surface area contributed by atoms with Gasteiger partial charge in [-0.3, -0.25) is 0 Å². The maximum absolute atomic E-state index is 5.76. The summed E-state index contributed by atoms with van der Waals surface area (Å²) in [6, 6.07) is 0.466. The van der Waals surface area contributed by atoms with Gasteiger partial charge >= 0.3 is 0 Å². The van der Waals surface area contributed by atoms with Crippen LogP contribution in [0, 0.1) is 11.8 Å². The van der Waals surface area contributed by atoms with Crippen LogP contribution in [0.25, 0.3) is 0 Å². The molecule has 0 spiro atoms. The molecule has 1 saturated heterocycles. The average molecular weight is 112 g/mol. The largest absolute Gasteiger partial charge is 0.326 e. The SMILES string of the molecule is N[C@H]1CNC[C@@H]2C[C@@H]21. The first-order chi connectivity index (χ1) is 3.88. The van der Waals surface area contributed by atoms with Crippen molar-refractivity contribution in [3.05, 3.63) is 0 Å². The van der Waals surface area contributed by atoms with Crippen LogP contribution in [-0.2, 0) is 0 Å². The molecule has 0 bridgehead atoms. The van der Waals surface area contributed by atoms with Crippen molar-refractivity contribution < 1.29 is 0 Å². The Labute approximate surface area is 49.4 Å². The third kappa shape index (κ3) is 0.565. The van der Waals surface area contributed by atoms with E-state index >= 15 is 0 Å². The highest BCUT2D eigenvalue weighted by Crippen LogP contribution is 2.41. The van der Waals surface area contributed by atoms with Gasteiger partial charge in [0.05, 0.1) is 0 Å². The highest BCUT2D eigenvalue weighted by atomic mass is 15.0. The Bertz CT molecular complexity index is 103. The molecule has 0 aromatic heterocycles. The molecule has 1 saturated carbocycles. The van der Waals surface area contributed by atoms with Crippen LogP contribution in [-0.4, -0.2) is 19.1 Å². The maximum atomic E-state index is 5.76. The predicted molar refractivity (Wildman–Crippen MR) is 32.4 cm³/mol. The summed E-state index contributed by atoms with van der Waals surface area (Å²) in [5.74, 6) is 1.83. The lowest BCUT2D eigenvalue weighted by atomic mass is 10.1. The van der Waals surface area contributed by atoms with Crippen molar-refractivity contribution in [2.45, 2.75) is 12.5 Å². The Kier molecular flexibility index (Phi) is 0.866. The van der Waals surface area contributed by atoms with E-state index in [4.69, 9.17) is 5.73 Å². The van der Waals surface area contributed by atoms with Crippen LogP contribution in [0.2, 0.25) is 0 Å². The molecule has 2 heteroatoms. The summed E-state index contributed by atoms with van der Waals surface area (Å²) in [5, 5.41) is 3.30. The van der Waals surface area contributed by atoms with Gasteiger partial charge in [-0.05, 0) is 24.8 Å². The standard InChI is InChI=1S/C6H12N2/c7-6-3-8-2-4-1-5(4)6/h4-6,8H,1-3,7H2/t4-,5-,6-/m0/s1. The molecule has 8 heavy (non-hydrogen) atoms. The quantitative estimate of drug-likeness (QED) is 0.445. The van der Waals surface area contributed by atoms with E-state index in [0.717, 1.165) is 18.4 Å². The van der Waals surface area contributed by atoms with Gasteiger partial charge in [-0.2, -0.15) is 0 Å². The van der Waals surface area contributed by atoms with Crippen molar-refractivity contribution in [2.75, 3.05) is 13.1 Å². The van der Waals surface area contributed by atoms with Crippen molar-refractivity contribution in [3.8, 4) is 0 Å².